The number of rotatable bonds is 2. The molecule has 21 heavy (non-hydrogen) atoms. The van der Waals surface area contributed by atoms with E-state index < -0.39 is 5.97 Å². The van der Waals surface area contributed by atoms with Crippen molar-refractivity contribution in [3.8, 4) is 0 Å². The summed E-state index contributed by atoms with van der Waals surface area (Å²) in [6.07, 6.45) is 0.601. The molecule has 0 radical (unpaired) electrons. The number of fused-ring (bicyclic) bond motifs is 2. The molecular formula is C16H11NO4. The van der Waals surface area contributed by atoms with Crippen molar-refractivity contribution < 1.29 is 19.5 Å². The third-order valence-electron chi connectivity index (χ3n) is 4.20. The fraction of sp³-hybridized carbons (Fsp3) is 0.188. The predicted molar refractivity (Wildman–Crippen MR) is 75.0 cm³/mol. The monoisotopic (exact) mass is 281 g/mol. The Hall–Kier alpha value is -2.69. The van der Waals surface area contributed by atoms with Crippen molar-refractivity contribution in [2.24, 2.45) is 11.8 Å². The average molecular weight is 281 g/mol. The van der Waals surface area contributed by atoms with Gasteiger partial charge in [0, 0.05) is 0 Å². The number of amides is 2. The maximum atomic E-state index is 12.2. The van der Waals surface area contributed by atoms with Crippen molar-refractivity contribution in [1.82, 2.24) is 0 Å². The van der Waals surface area contributed by atoms with Crippen LogP contribution >= 0.6 is 0 Å². The average Bonchev–Trinajstić information content (AvgIpc) is 3.22. The number of hydrogen-bond acceptors (Lipinski definition) is 3. The number of carboxylic acid groups (broad SMARTS) is 1. The van der Waals surface area contributed by atoms with Gasteiger partial charge in [-0.25, -0.2) is 9.69 Å². The van der Waals surface area contributed by atoms with E-state index in [4.69, 9.17) is 0 Å². The van der Waals surface area contributed by atoms with Gasteiger partial charge in [0.15, 0.2) is 0 Å². The van der Waals surface area contributed by atoms with Crippen LogP contribution < -0.4 is 4.90 Å². The molecule has 104 valence electrons. The summed E-state index contributed by atoms with van der Waals surface area (Å²) in [7, 11) is 0. The van der Waals surface area contributed by atoms with Crippen LogP contribution in [0.3, 0.4) is 0 Å². The number of imide groups is 1. The molecule has 2 atom stereocenters. The minimum atomic E-state index is -1.14. The lowest BCUT2D eigenvalue weighted by Gasteiger charge is -2.19. The summed E-state index contributed by atoms with van der Waals surface area (Å²) in [4.78, 5) is 36.9. The first kappa shape index (κ1) is 12.1. The number of benzene rings is 2. The molecule has 1 aliphatic carbocycles. The predicted octanol–water partition coefficient (Wildman–Crippen LogP) is 2.05. The van der Waals surface area contributed by atoms with E-state index in [1.54, 1.807) is 12.1 Å². The number of piperidine rings is 1. The number of aromatic carboxylic acids is 1. The summed E-state index contributed by atoms with van der Waals surface area (Å²) in [6, 6.07) is 10.4. The molecule has 2 aromatic rings. The molecule has 2 aliphatic rings. The van der Waals surface area contributed by atoms with Crippen LogP contribution in [0.5, 0.6) is 0 Å². The van der Waals surface area contributed by atoms with Gasteiger partial charge in [-0.05, 0) is 29.3 Å². The third kappa shape index (κ3) is 1.60. The molecule has 1 N–H and O–H groups in total. The second-order valence-electron chi connectivity index (χ2n) is 5.48. The standard InChI is InChI=1S/C16H11NO4/c18-14-10-7-11(10)15(19)17(14)13-6-9-4-2-1-3-8(9)5-12(13)16(20)21/h1-6,10-11H,7H2,(H,20,21). The van der Waals surface area contributed by atoms with Crippen LogP contribution in [0.2, 0.25) is 0 Å². The number of carbonyl (C=O) groups is 3. The zero-order valence-corrected chi connectivity index (χ0v) is 10.9. The molecule has 2 amide bonds. The third-order valence-corrected chi connectivity index (χ3v) is 4.20. The van der Waals surface area contributed by atoms with Crippen LogP contribution in [-0.4, -0.2) is 22.9 Å². The van der Waals surface area contributed by atoms with Crippen molar-refractivity contribution >= 4 is 34.2 Å². The normalized spacial score (nSPS) is 23.5. The van der Waals surface area contributed by atoms with Gasteiger partial charge in [-0.2, -0.15) is 0 Å². The summed E-state index contributed by atoms with van der Waals surface area (Å²) in [6.45, 7) is 0. The van der Waals surface area contributed by atoms with E-state index in [-0.39, 0.29) is 34.9 Å². The molecular weight excluding hydrogens is 270 g/mol. The molecule has 2 aromatic carbocycles. The Morgan fingerprint density at radius 2 is 1.62 bits per heavy atom. The maximum Gasteiger partial charge on any atom is 0.337 e. The lowest BCUT2D eigenvalue weighted by Crippen LogP contribution is -2.34. The van der Waals surface area contributed by atoms with Crippen LogP contribution in [0.1, 0.15) is 16.8 Å². The van der Waals surface area contributed by atoms with Gasteiger partial charge in [-0.3, -0.25) is 9.59 Å². The smallest absolute Gasteiger partial charge is 0.337 e. The highest BCUT2D eigenvalue weighted by molar-refractivity contribution is 6.26. The van der Waals surface area contributed by atoms with Crippen LogP contribution in [-0.2, 0) is 9.59 Å². The topological polar surface area (TPSA) is 74.7 Å². The summed E-state index contributed by atoms with van der Waals surface area (Å²) >= 11 is 0. The van der Waals surface area contributed by atoms with Crippen molar-refractivity contribution in [2.75, 3.05) is 4.90 Å². The molecule has 5 heteroatoms. The van der Waals surface area contributed by atoms with E-state index >= 15 is 0 Å². The second-order valence-corrected chi connectivity index (χ2v) is 5.48. The zero-order valence-electron chi connectivity index (χ0n) is 10.9. The number of hydrogen-bond donors (Lipinski definition) is 1. The first-order chi connectivity index (χ1) is 10.1. The lowest BCUT2D eigenvalue weighted by molar-refractivity contribution is -0.123. The van der Waals surface area contributed by atoms with Crippen molar-refractivity contribution in [1.29, 1.82) is 0 Å². The van der Waals surface area contributed by atoms with Crippen molar-refractivity contribution in [3.63, 3.8) is 0 Å². The van der Waals surface area contributed by atoms with Crippen LogP contribution in [0.4, 0.5) is 5.69 Å². The highest BCUT2D eigenvalue weighted by Crippen LogP contribution is 2.49. The van der Waals surface area contributed by atoms with Gasteiger partial charge in [-0.15, -0.1) is 0 Å². The van der Waals surface area contributed by atoms with Gasteiger partial charge in [0.25, 0.3) is 0 Å². The van der Waals surface area contributed by atoms with E-state index in [9.17, 15) is 19.5 Å². The molecule has 1 aliphatic heterocycles. The summed E-state index contributed by atoms with van der Waals surface area (Å²) in [5, 5.41) is 11.0. The summed E-state index contributed by atoms with van der Waals surface area (Å²) < 4.78 is 0. The van der Waals surface area contributed by atoms with Gasteiger partial charge < -0.3 is 5.11 Å². The Morgan fingerprint density at radius 1 is 1.05 bits per heavy atom. The van der Waals surface area contributed by atoms with E-state index in [2.05, 4.69) is 0 Å². The second kappa shape index (κ2) is 3.91. The molecule has 1 saturated heterocycles. The minimum absolute atomic E-state index is 0.0169. The summed E-state index contributed by atoms with van der Waals surface area (Å²) in [5.74, 6) is -2.18. The van der Waals surface area contributed by atoms with Crippen LogP contribution in [0, 0.1) is 11.8 Å². The SMILES string of the molecule is O=C(O)c1cc2ccccc2cc1N1C(=O)C2CC2C1=O. The largest absolute Gasteiger partial charge is 0.478 e. The quantitative estimate of drug-likeness (QED) is 0.855. The lowest BCUT2D eigenvalue weighted by atomic mass is 10.0. The Labute approximate surface area is 119 Å². The first-order valence-corrected chi connectivity index (χ1v) is 6.72. The van der Waals surface area contributed by atoms with E-state index in [1.165, 1.54) is 6.07 Å². The fourth-order valence-corrected chi connectivity index (χ4v) is 3.00. The number of anilines is 1. The zero-order chi connectivity index (χ0) is 14.7. The molecule has 1 heterocycles. The van der Waals surface area contributed by atoms with Crippen molar-refractivity contribution in [3.05, 3.63) is 42.0 Å². The molecule has 0 aromatic heterocycles. The molecule has 0 spiro atoms. The van der Waals surface area contributed by atoms with E-state index in [1.807, 2.05) is 18.2 Å². The molecule has 2 fully saturated rings. The molecule has 2 unspecified atom stereocenters. The minimum Gasteiger partial charge on any atom is -0.478 e. The van der Waals surface area contributed by atoms with Crippen molar-refractivity contribution in [2.45, 2.75) is 6.42 Å². The van der Waals surface area contributed by atoms with Gasteiger partial charge in [0.2, 0.25) is 11.8 Å². The molecule has 4 rings (SSSR count). The highest BCUT2D eigenvalue weighted by atomic mass is 16.4. The van der Waals surface area contributed by atoms with E-state index in [0.29, 0.717) is 6.42 Å². The maximum absolute atomic E-state index is 12.2. The van der Waals surface area contributed by atoms with Gasteiger partial charge in [-0.1, -0.05) is 24.3 Å². The molecule has 5 nitrogen and oxygen atoms in total. The van der Waals surface area contributed by atoms with Gasteiger partial charge in [0.1, 0.15) is 0 Å². The highest BCUT2D eigenvalue weighted by Gasteiger charge is 2.59. The Morgan fingerprint density at radius 3 is 2.19 bits per heavy atom. The number of carbonyl (C=O) groups excluding carboxylic acids is 2. The number of nitrogens with zero attached hydrogens (tertiary/aromatic N) is 1. The molecule has 1 saturated carbocycles. The van der Waals surface area contributed by atoms with Crippen LogP contribution in [0.15, 0.2) is 36.4 Å². The number of carboxylic acids is 1. The van der Waals surface area contributed by atoms with Gasteiger partial charge >= 0.3 is 5.97 Å². The summed E-state index contributed by atoms with van der Waals surface area (Å²) in [5.41, 5.74) is 0.167. The molecule has 0 bridgehead atoms. The Kier molecular flexibility index (Phi) is 2.25. The Balaban J connectivity index is 1.94. The first-order valence-electron chi connectivity index (χ1n) is 6.72. The van der Waals surface area contributed by atoms with Gasteiger partial charge in [0.05, 0.1) is 23.1 Å². The Bertz CT molecular complexity index is 806. The van der Waals surface area contributed by atoms with Crippen LogP contribution in [0.25, 0.3) is 10.8 Å². The van der Waals surface area contributed by atoms with E-state index in [0.717, 1.165) is 15.7 Å². The fourth-order valence-electron chi connectivity index (χ4n) is 3.00.